The molecule has 0 spiro atoms. The quantitative estimate of drug-likeness (QED) is 0.911. The fraction of sp³-hybridized carbons (Fsp3) is 0.375. The minimum atomic E-state index is -0.321. The van der Waals surface area contributed by atoms with Crippen LogP contribution in [-0.4, -0.2) is 21.2 Å². The molecule has 98 valence electrons. The van der Waals surface area contributed by atoms with Crippen LogP contribution in [0.1, 0.15) is 35.7 Å². The lowest BCUT2D eigenvalue weighted by molar-refractivity contribution is 0.132. The maximum atomic E-state index is 10.4. The summed E-state index contributed by atoms with van der Waals surface area (Å²) in [5, 5.41) is 10.4. The number of fused-ring (bicyclic) bond motifs is 1. The Kier molecular flexibility index (Phi) is 3.56. The molecule has 19 heavy (non-hydrogen) atoms. The van der Waals surface area contributed by atoms with Gasteiger partial charge in [0.1, 0.15) is 0 Å². The minimum Gasteiger partial charge on any atom is -0.392 e. The lowest BCUT2D eigenvalue weighted by atomic mass is 9.95. The number of aliphatic hydroxyl groups excluding tert-OH is 1. The first-order valence-electron chi connectivity index (χ1n) is 6.86. The Morgan fingerprint density at radius 2 is 2.05 bits per heavy atom. The molecular weight excluding hydrogens is 236 g/mol. The zero-order chi connectivity index (χ0) is 13.1. The molecule has 0 saturated heterocycles. The second kappa shape index (κ2) is 5.49. The van der Waals surface area contributed by atoms with Crippen LogP contribution in [0.3, 0.4) is 0 Å². The van der Waals surface area contributed by atoms with E-state index in [9.17, 15) is 5.11 Å². The Labute approximate surface area is 113 Å². The maximum Gasteiger partial charge on any atom is 0.0627 e. The molecular formula is C16H18N2O. The summed E-state index contributed by atoms with van der Waals surface area (Å²) >= 11 is 0. The molecule has 0 aliphatic heterocycles. The Morgan fingerprint density at radius 1 is 1.16 bits per heavy atom. The Balaban J connectivity index is 1.64. The summed E-state index contributed by atoms with van der Waals surface area (Å²) in [7, 11) is 0. The second-order valence-corrected chi connectivity index (χ2v) is 5.12. The van der Waals surface area contributed by atoms with Gasteiger partial charge in [-0.2, -0.15) is 0 Å². The van der Waals surface area contributed by atoms with Gasteiger partial charge in [0, 0.05) is 29.7 Å². The van der Waals surface area contributed by atoms with E-state index in [1.807, 2.05) is 30.5 Å². The van der Waals surface area contributed by atoms with Crippen LogP contribution in [0.4, 0.5) is 0 Å². The van der Waals surface area contributed by atoms with Crippen molar-refractivity contribution in [2.24, 2.45) is 0 Å². The summed E-state index contributed by atoms with van der Waals surface area (Å²) in [5.41, 5.74) is 3.43. The molecule has 2 aromatic heterocycles. The maximum absolute atomic E-state index is 10.4. The van der Waals surface area contributed by atoms with E-state index in [2.05, 4.69) is 16.0 Å². The lowest BCUT2D eigenvalue weighted by Crippen LogP contribution is -2.18. The van der Waals surface area contributed by atoms with Gasteiger partial charge in [0.2, 0.25) is 0 Å². The first kappa shape index (κ1) is 12.3. The highest BCUT2D eigenvalue weighted by Gasteiger charge is 2.29. The molecule has 0 bridgehead atoms. The van der Waals surface area contributed by atoms with E-state index >= 15 is 0 Å². The third-order valence-electron chi connectivity index (χ3n) is 3.89. The van der Waals surface area contributed by atoms with Gasteiger partial charge in [-0.25, -0.2) is 0 Å². The first-order chi connectivity index (χ1) is 9.34. The van der Waals surface area contributed by atoms with E-state index in [0.717, 1.165) is 37.1 Å². The van der Waals surface area contributed by atoms with E-state index in [4.69, 9.17) is 0 Å². The van der Waals surface area contributed by atoms with Gasteiger partial charge in [-0.05, 0) is 49.4 Å². The monoisotopic (exact) mass is 254 g/mol. The minimum absolute atomic E-state index is 0.194. The average molecular weight is 254 g/mol. The van der Waals surface area contributed by atoms with Gasteiger partial charge in [-0.3, -0.25) is 9.97 Å². The largest absolute Gasteiger partial charge is 0.392 e. The van der Waals surface area contributed by atoms with Crippen LogP contribution in [0.25, 0.3) is 0 Å². The summed E-state index contributed by atoms with van der Waals surface area (Å²) in [4.78, 5) is 8.74. The van der Waals surface area contributed by atoms with Crippen LogP contribution in [-0.2, 0) is 12.8 Å². The standard InChI is InChI=1S/C16H18N2O/c19-15(9-7-13-5-1-2-10-17-13)14-8-6-12-4-3-11-18-16(12)14/h1-5,10-11,14-15,19H,6-9H2. The topological polar surface area (TPSA) is 46.0 Å². The van der Waals surface area contributed by atoms with Gasteiger partial charge in [-0.1, -0.05) is 12.1 Å². The second-order valence-electron chi connectivity index (χ2n) is 5.12. The van der Waals surface area contributed by atoms with Crippen molar-refractivity contribution in [1.82, 2.24) is 9.97 Å². The molecule has 2 atom stereocenters. The van der Waals surface area contributed by atoms with Crippen LogP contribution in [0.15, 0.2) is 42.7 Å². The van der Waals surface area contributed by atoms with Gasteiger partial charge < -0.3 is 5.11 Å². The molecule has 2 unspecified atom stereocenters. The Hall–Kier alpha value is -1.74. The Morgan fingerprint density at radius 3 is 2.89 bits per heavy atom. The van der Waals surface area contributed by atoms with Gasteiger partial charge >= 0.3 is 0 Å². The van der Waals surface area contributed by atoms with Crippen molar-refractivity contribution in [3.05, 3.63) is 59.7 Å². The molecule has 1 aliphatic carbocycles. The summed E-state index contributed by atoms with van der Waals surface area (Å²) in [6, 6.07) is 10.0. The fourth-order valence-electron chi connectivity index (χ4n) is 2.86. The van der Waals surface area contributed by atoms with Gasteiger partial charge in [-0.15, -0.1) is 0 Å². The SMILES string of the molecule is OC(CCc1ccccn1)C1CCc2cccnc21. The van der Waals surface area contributed by atoms with E-state index in [-0.39, 0.29) is 12.0 Å². The molecule has 0 amide bonds. The average Bonchev–Trinajstić information content (AvgIpc) is 2.90. The van der Waals surface area contributed by atoms with E-state index in [1.54, 1.807) is 6.20 Å². The van der Waals surface area contributed by atoms with Crippen LogP contribution in [0.2, 0.25) is 0 Å². The number of aliphatic hydroxyl groups is 1. The fourth-order valence-corrected chi connectivity index (χ4v) is 2.86. The third kappa shape index (κ3) is 2.66. The van der Waals surface area contributed by atoms with E-state index < -0.39 is 0 Å². The van der Waals surface area contributed by atoms with Crippen molar-refractivity contribution in [1.29, 1.82) is 0 Å². The molecule has 3 nitrogen and oxygen atoms in total. The first-order valence-corrected chi connectivity index (χ1v) is 6.86. The normalized spacial score (nSPS) is 19.1. The highest BCUT2D eigenvalue weighted by atomic mass is 16.3. The molecule has 0 aromatic carbocycles. The molecule has 2 aromatic rings. The Bertz CT molecular complexity index is 541. The van der Waals surface area contributed by atoms with Gasteiger partial charge in [0.15, 0.2) is 0 Å². The number of hydrogen-bond acceptors (Lipinski definition) is 3. The van der Waals surface area contributed by atoms with Crippen molar-refractivity contribution in [3.63, 3.8) is 0 Å². The molecule has 3 rings (SSSR count). The molecule has 0 fully saturated rings. The summed E-state index contributed by atoms with van der Waals surface area (Å²) < 4.78 is 0. The summed E-state index contributed by atoms with van der Waals surface area (Å²) in [6.07, 6.45) is 6.91. The number of pyridine rings is 2. The number of rotatable bonds is 4. The van der Waals surface area contributed by atoms with E-state index in [0.29, 0.717) is 0 Å². The highest BCUT2D eigenvalue weighted by Crippen LogP contribution is 2.34. The number of aromatic nitrogens is 2. The molecule has 0 radical (unpaired) electrons. The highest BCUT2D eigenvalue weighted by molar-refractivity contribution is 5.29. The summed E-state index contributed by atoms with van der Waals surface area (Å²) in [5.74, 6) is 0.194. The van der Waals surface area contributed by atoms with Crippen LogP contribution in [0, 0.1) is 0 Å². The predicted molar refractivity (Wildman–Crippen MR) is 73.9 cm³/mol. The lowest BCUT2D eigenvalue weighted by Gasteiger charge is -2.18. The molecule has 2 heterocycles. The van der Waals surface area contributed by atoms with Crippen molar-refractivity contribution < 1.29 is 5.11 Å². The smallest absolute Gasteiger partial charge is 0.0627 e. The zero-order valence-electron chi connectivity index (χ0n) is 10.9. The van der Waals surface area contributed by atoms with Gasteiger partial charge in [0.05, 0.1) is 6.10 Å². The van der Waals surface area contributed by atoms with Crippen molar-refractivity contribution in [2.75, 3.05) is 0 Å². The number of hydrogen-bond donors (Lipinski definition) is 1. The zero-order valence-corrected chi connectivity index (χ0v) is 10.9. The van der Waals surface area contributed by atoms with Gasteiger partial charge in [0.25, 0.3) is 0 Å². The molecule has 3 heteroatoms. The molecule has 0 saturated carbocycles. The number of aryl methyl sites for hydroxylation is 2. The molecule has 1 aliphatic rings. The summed E-state index contributed by atoms with van der Waals surface area (Å²) in [6.45, 7) is 0. The van der Waals surface area contributed by atoms with Crippen molar-refractivity contribution in [3.8, 4) is 0 Å². The van der Waals surface area contributed by atoms with Crippen molar-refractivity contribution in [2.45, 2.75) is 37.7 Å². The van der Waals surface area contributed by atoms with E-state index in [1.165, 1.54) is 5.56 Å². The van der Waals surface area contributed by atoms with Crippen LogP contribution >= 0.6 is 0 Å². The van der Waals surface area contributed by atoms with Crippen LogP contribution < -0.4 is 0 Å². The number of nitrogens with zero attached hydrogens (tertiary/aromatic N) is 2. The van der Waals surface area contributed by atoms with Crippen molar-refractivity contribution >= 4 is 0 Å². The molecule has 1 N–H and O–H groups in total. The third-order valence-corrected chi connectivity index (χ3v) is 3.89. The van der Waals surface area contributed by atoms with Crippen LogP contribution in [0.5, 0.6) is 0 Å². The predicted octanol–water partition coefficient (Wildman–Crippen LogP) is 2.50.